The number of nitriles is 1. The number of aryl methyl sites for hydroxylation is 1. The maximum atomic E-state index is 12.2. The number of aromatic amines is 1. The van der Waals surface area contributed by atoms with E-state index < -0.39 is 11.6 Å². The van der Waals surface area contributed by atoms with Gasteiger partial charge in [0.05, 0.1) is 0 Å². The second kappa shape index (κ2) is 7.77. The van der Waals surface area contributed by atoms with Crippen molar-refractivity contribution in [1.29, 1.82) is 5.26 Å². The van der Waals surface area contributed by atoms with Crippen molar-refractivity contribution < 1.29 is 9.59 Å². The molecule has 0 aliphatic carbocycles. The van der Waals surface area contributed by atoms with Gasteiger partial charge in [-0.3, -0.25) is 14.4 Å². The van der Waals surface area contributed by atoms with Crippen LogP contribution in [0.1, 0.15) is 48.1 Å². The molecule has 128 valence electrons. The highest BCUT2D eigenvalue weighted by Crippen LogP contribution is 2.15. The van der Waals surface area contributed by atoms with Crippen LogP contribution >= 0.6 is 0 Å². The summed E-state index contributed by atoms with van der Waals surface area (Å²) < 4.78 is 0. The molecule has 1 saturated heterocycles. The van der Waals surface area contributed by atoms with Gasteiger partial charge in [-0.25, -0.2) is 0 Å². The van der Waals surface area contributed by atoms with Crippen LogP contribution in [0.4, 0.5) is 0 Å². The average Bonchev–Trinajstić information content (AvgIpc) is 2.72. The van der Waals surface area contributed by atoms with E-state index in [0.29, 0.717) is 30.6 Å². The second-order valence-corrected chi connectivity index (χ2v) is 6.08. The molecule has 7 heteroatoms. The Kier molecular flexibility index (Phi) is 5.74. The van der Waals surface area contributed by atoms with E-state index in [0.717, 1.165) is 18.4 Å². The number of carbonyl (C=O) groups excluding carboxylic acids is 2. The lowest BCUT2D eigenvalue weighted by Gasteiger charge is -2.16. The zero-order valence-corrected chi connectivity index (χ0v) is 14.0. The van der Waals surface area contributed by atoms with Gasteiger partial charge < -0.3 is 15.6 Å². The van der Waals surface area contributed by atoms with Gasteiger partial charge in [0.15, 0.2) is 0 Å². The molecule has 0 saturated carbocycles. The van der Waals surface area contributed by atoms with E-state index in [-0.39, 0.29) is 23.8 Å². The van der Waals surface area contributed by atoms with Gasteiger partial charge in [0.1, 0.15) is 17.7 Å². The number of amides is 2. The molecule has 0 aromatic carbocycles. The van der Waals surface area contributed by atoms with Crippen molar-refractivity contribution in [3.63, 3.8) is 0 Å². The molecule has 1 fully saturated rings. The zero-order chi connectivity index (χ0) is 17.7. The molecule has 0 unspecified atom stereocenters. The molecule has 2 amide bonds. The van der Waals surface area contributed by atoms with Gasteiger partial charge in [0, 0.05) is 18.7 Å². The lowest BCUT2D eigenvalue weighted by Crippen LogP contribution is -2.45. The van der Waals surface area contributed by atoms with Crippen LogP contribution in [0.3, 0.4) is 0 Å². The van der Waals surface area contributed by atoms with Crippen molar-refractivity contribution in [3.05, 3.63) is 32.7 Å². The second-order valence-electron chi connectivity index (χ2n) is 6.08. The van der Waals surface area contributed by atoms with E-state index in [1.165, 1.54) is 0 Å². The summed E-state index contributed by atoms with van der Waals surface area (Å²) >= 11 is 0. The van der Waals surface area contributed by atoms with Crippen LogP contribution in [-0.2, 0) is 16.0 Å². The monoisotopic (exact) mass is 330 g/mol. The number of nitrogens with zero attached hydrogens (tertiary/aromatic N) is 1. The number of H-pyrrole nitrogens is 1. The lowest BCUT2D eigenvalue weighted by atomic mass is 9.99. The molecule has 1 aliphatic rings. The summed E-state index contributed by atoms with van der Waals surface area (Å²) in [6.07, 6.45) is 3.07. The van der Waals surface area contributed by atoms with E-state index in [4.69, 9.17) is 5.26 Å². The Balaban J connectivity index is 2.03. The number of aromatic nitrogens is 1. The third-order valence-corrected chi connectivity index (χ3v) is 4.39. The molecular formula is C17H22N4O3. The van der Waals surface area contributed by atoms with E-state index in [1.807, 2.05) is 6.07 Å². The predicted molar refractivity (Wildman–Crippen MR) is 88.4 cm³/mol. The summed E-state index contributed by atoms with van der Waals surface area (Å²) in [4.78, 5) is 38.4. The lowest BCUT2D eigenvalue weighted by molar-refractivity contribution is -0.128. The summed E-state index contributed by atoms with van der Waals surface area (Å²) in [5.74, 6) is -0.343. The van der Waals surface area contributed by atoms with Gasteiger partial charge in [0.2, 0.25) is 11.8 Å². The molecule has 1 aromatic rings. The summed E-state index contributed by atoms with van der Waals surface area (Å²) in [5, 5.41) is 14.6. The number of hydrogen-bond acceptors (Lipinski definition) is 4. The third kappa shape index (κ3) is 4.02. The fourth-order valence-corrected chi connectivity index (χ4v) is 3.00. The van der Waals surface area contributed by atoms with Gasteiger partial charge in [-0.05, 0) is 50.7 Å². The fourth-order valence-electron chi connectivity index (χ4n) is 3.00. The van der Waals surface area contributed by atoms with Crippen molar-refractivity contribution in [2.24, 2.45) is 0 Å². The topological polar surface area (TPSA) is 115 Å². The Hall–Kier alpha value is -2.62. The average molecular weight is 330 g/mol. The van der Waals surface area contributed by atoms with Crippen molar-refractivity contribution >= 4 is 11.8 Å². The molecule has 0 spiro atoms. The summed E-state index contributed by atoms with van der Waals surface area (Å²) in [7, 11) is 0. The molecule has 1 atom stereocenters. The Morgan fingerprint density at radius 2 is 2.08 bits per heavy atom. The minimum atomic E-state index is -0.479. The highest BCUT2D eigenvalue weighted by atomic mass is 16.2. The first-order valence-electron chi connectivity index (χ1n) is 8.13. The fraction of sp³-hybridized carbons (Fsp3) is 0.529. The number of nitrogens with one attached hydrogen (secondary N) is 3. The first kappa shape index (κ1) is 17.7. The Labute approximate surface area is 140 Å². The minimum absolute atomic E-state index is 0.0826. The van der Waals surface area contributed by atoms with E-state index in [1.54, 1.807) is 13.8 Å². The van der Waals surface area contributed by atoms with Crippen LogP contribution in [-0.4, -0.2) is 29.4 Å². The molecule has 2 heterocycles. The smallest absolute Gasteiger partial charge is 0.266 e. The van der Waals surface area contributed by atoms with Crippen molar-refractivity contribution in [2.45, 2.75) is 52.0 Å². The number of rotatable bonds is 4. The first-order valence-corrected chi connectivity index (χ1v) is 8.13. The maximum absolute atomic E-state index is 12.2. The van der Waals surface area contributed by atoms with Gasteiger partial charge in [-0.15, -0.1) is 0 Å². The maximum Gasteiger partial charge on any atom is 0.266 e. The van der Waals surface area contributed by atoms with E-state index >= 15 is 0 Å². The van der Waals surface area contributed by atoms with Crippen LogP contribution in [0.5, 0.6) is 0 Å². The number of carbonyl (C=O) groups is 2. The molecule has 0 radical (unpaired) electrons. The molecular weight excluding hydrogens is 308 g/mol. The highest BCUT2D eigenvalue weighted by Gasteiger charge is 2.22. The molecule has 1 aliphatic heterocycles. The Morgan fingerprint density at radius 1 is 1.33 bits per heavy atom. The van der Waals surface area contributed by atoms with E-state index in [2.05, 4.69) is 15.6 Å². The molecule has 1 aromatic heterocycles. The van der Waals surface area contributed by atoms with Crippen LogP contribution in [0, 0.1) is 25.2 Å². The predicted octanol–water partition coefficient (Wildman–Crippen LogP) is 0.581. The molecule has 24 heavy (non-hydrogen) atoms. The Morgan fingerprint density at radius 3 is 2.79 bits per heavy atom. The quantitative estimate of drug-likeness (QED) is 0.749. The van der Waals surface area contributed by atoms with Gasteiger partial charge in [0.25, 0.3) is 5.56 Å². The SMILES string of the molecule is Cc1[nH]c(=O)c(C#N)c(C)c1CCC(=O)N[C@@H]1CCCCNC1=O. The van der Waals surface area contributed by atoms with E-state index in [9.17, 15) is 14.4 Å². The standard InChI is InChI=1S/C17H22N4O3/c1-10-12(11(2)20-16(23)13(10)9-18)6-7-15(22)21-14-5-3-4-8-19-17(14)24/h14H,3-8H2,1-2H3,(H,19,24)(H,20,23)(H,21,22)/t14-/m1/s1. The highest BCUT2D eigenvalue weighted by molar-refractivity contribution is 5.87. The van der Waals surface area contributed by atoms with Crippen molar-refractivity contribution in [2.75, 3.05) is 6.54 Å². The molecule has 0 bridgehead atoms. The van der Waals surface area contributed by atoms with Crippen LogP contribution in [0.2, 0.25) is 0 Å². The van der Waals surface area contributed by atoms with Crippen molar-refractivity contribution in [1.82, 2.24) is 15.6 Å². The minimum Gasteiger partial charge on any atom is -0.354 e. The molecule has 3 N–H and O–H groups in total. The Bertz CT molecular complexity index is 745. The van der Waals surface area contributed by atoms with Crippen LogP contribution in [0.15, 0.2) is 4.79 Å². The van der Waals surface area contributed by atoms with Crippen LogP contribution < -0.4 is 16.2 Å². The largest absolute Gasteiger partial charge is 0.354 e. The van der Waals surface area contributed by atoms with Crippen LogP contribution in [0.25, 0.3) is 0 Å². The molecule has 7 nitrogen and oxygen atoms in total. The van der Waals surface area contributed by atoms with Crippen molar-refractivity contribution in [3.8, 4) is 6.07 Å². The summed E-state index contributed by atoms with van der Waals surface area (Å²) in [6.45, 7) is 4.12. The normalized spacial score (nSPS) is 17.5. The number of pyridine rings is 1. The third-order valence-electron chi connectivity index (χ3n) is 4.39. The molecule has 2 rings (SSSR count). The van der Waals surface area contributed by atoms with Gasteiger partial charge in [-0.1, -0.05) is 0 Å². The van der Waals surface area contributed by atoms with Gasteiger partial charge >= 0.3 is 0 Å². The summed E-state index contributed by atoms with van der Waals surface area (Å²) in [6, 6.07) is 1.42. The zero-order valence-electron chi connectivity index (χ0n) is 14.0. The number of hydrogen-bond donors (Lipinski definition) is 3. The first-order chi connectivity index (χ1) is 11.4. The van der Waals surface area contributed by atoms with Gasteiger partial charge in [-0.2, -0.15) is 5.26 Å². The summed E-state index contributed by atoms with van der Waals surface area (Å²) in [5.41, 5.74) is 1.75.